The molecule has 9 heteroatoms. The lowest BCUT2D eigenvalue weighted by Gasteiger charge is -2.02. The van der Waals surface area contributed by atoms with Crippen molar-refractivity contribution < 1.29 is 9.53 Å². The van der Waals surface area contributed by atoms with Crippen LogP contribution in [0.3, 0.4) is 0 Å². The van der Waals surface area contributed by atoms with Crippen LogP contribution in [0.4, 0.5) is 16.1 Å². The molecule has 4 aromatic rings. The van der Waals surface area contributed by atoms with Crippen molar-refractivity contribution in [3.63, 3.8) is 0 Å². The molecule has 3 aromatic heterocycles. The molecule has 0 bridgehead atoms. The summed E-state index contributed by atoms with van der Waals surface area (Å²) in [6.07, 6.45) is 1.93. The predicted molar refractivity (Wildman–Crippen MR) is 117 cm³/mol. The number of rotatable bonds is 7. The van der Waals surface area contributed by atoms with E-state index in [0.29, 0.717) is 22.6 Å². The number of ether oxygens (including phenoxy) is 1. The van der Waals surface area contributed by atoms with Gasteiger partial charge in [0, 0.05) is 11.6 Å². The van der Waals surface area contributed by atoms with Gasteiger partial charge in [0.15, 0.2) is 10.3 Å². The maximum Gasteiger partial charge on any atom is 0.232 e. The molecule has 0 unspecified atom stereocenters. The van der Waals surface area contributed by atoms with Crippen LogP contribution >= 0.6 is 22.7 Å². The van der Waals surface area contributed by atoms with E-state index in [1.165, 1.54) is 22.7 Å². The second-order valence-electron chi connectivity index (χ2n) is 6.29. The lowest BCUT2D eigenvalue weighted by Crippen LogP contribution is -2.14. The molecule has 0 aliphatic rings. The molecule has 0 saturated carbocycles. The van der Waals surface area contributed by atoms with E-state index in [-0.39, 0.29) is 12.3 Å². The Morgan fingerprint density at radius 2 is 2.07 bits per heavy atom. The van der Waals surface area contributed by atoms with Gasteiger partial charge in [-0.1, -0.05) is 11.3 Å². The summed E-state index contributed by atoms with van der Waals surface area (Å²) in [5.41, 5.74) is 2.64. The quantitative estimate of drug-likeness (QED) is 0.443. The maximum atomic E-state index is 12.4. The third-order valence-electron chi connectivity index (χ3n) is 3.96. The van der Waals surface area contributed by atoms with E-state index in [4.69, 9.17) is 4.74 Å². The Balaban J connectivity index is 1.38. The Bertz CT molecular complexity index is 1150. The van der Waals surface area contributed by atoms with E-state index in [2.05, 4.69) is 25.6 Å². The Labute approximate surface area is 175 Å². The highest BCUT2D eigenvalue weighted by Crippen LogP contribution is 2.29. The van der Waals surface area contributed by atoms with Gasteiger partial charge in [-0.25, -0.2) is 15.0 Å². The molecule has 148 valence electrons. The van der Waals surface area contributed by atoms with Gasteiger partial charge in [-0.3, -0.25) is 4.79 Å². The van der Waals surface area contributed by atoms with Crippen molar-refractivity contribution in [1.29, 1.82) is 0 Å². The molecule has 29 heavy (non-hydrogen) atoms. The first-order valence-corrected chi connectivity index (χ1v) is 10.8. The van der Waals surface area contributed by atoms with Gasteiger partial charge >= 0.3 is 0 Å². The number of carbonyl (C=O) groups excluding carboxylic acids is 1. The summed E-state index contributed by atoms with van der Waals surface area (Å²) in [5, 5.41) is 9.16. The number of nitrogens with zero attached hydrogens (tertiary/aromatic N) is 3. The van der Waals surface area contributed by atoms with Gasteiger partial charge in [0.1, 0.15) is 11.6 Å². The molecule has 1 amide bonds. The average molecular weight is 426 g/mol. The van der Waals surface area contributed by atoms with E-state index in [1.54, 1.807) is 6.20 Å². The number of carbonyl (C=O) groups is 1. The minimum atomic E-state index is -0.153. The van der Waals surface area contributed by atoms with Gasteiger partial charge in [0.25, 0.3) is 0 Å². The molecule has 1 aromatic carbocycles. The number of fused-ring (bicyclic) bond motifs is 1. The van der Waals surface area contributed by atoms with Crippen LogP contribution in [-0.4, -0.2) is 27.5 Å². The zero-order chi connectivity index (χ0) is 20.2. The first kappa shape index (κ1) is 19.3. The van der Waals surface area contributed by atoms with Crippen molar-refractivity contribution in [1.82, 2.24) is 15.0 Å². The lowest BCUT2D eigenvalue weighted by atomic mass is 10.3. The molecule has 0 fully saturated rings. The number of pyridine rings is 1. The van der Waals surface area contributed by atoms with Crippen LogP contribution in [0.1, 0.15) is 18.2 Å². The fourth-order valence-corrected chi connectivity index (χ4v) is 4.33. The first-order chi connectivity index (χ1) is 14.1. The Kier molecular flexibility index (Phi) is 5.68. The molecule has 7 nitrogen and oxygen atoms in total. The third kappa shape index (κ3) is 4.87. The number of hydrogen-bond acceptors (Lipinski definition) is 8. The highest BCUT2D eigenvalue weighted by Gasteiger charge is 2.12. The van der Waals surface area contributed by atoms with Crippen molar-refractivity contribution in [3.05, 3.63) is 53.2 Å². The zero-order valence-corrected chi connectivity index (χ0v) is 17.6. The summed E-state index contributed by atoms with van der Waals surface area (Å²) >= 11 is 2.86. The number of amides is 1. The predicted octanol–water partition coefficient (Wildman–Crippen LogP) is 4.78. The minimum absolute atomic E-state index is 0.153. The number of anilines is 3. The van der Waals surface area contributed by atoms with Crippen LogP contribution in [-0.2, 0) is 11.2 Å². The normalized spacial score (nSPS) is 10.8. The molecule has 0 atom stereocenters. The van der Waals surface area contributed by atoms with E-state index >= 15 is 0 Å². The molecule has 3 heterocycles. The smallest absolute Gasteiger partial charge is 0.232 e. The van der Waals surface area contributed by atoms with Gasteiger partial charge < -0.3 is 15.4 Å². The summed E-state index contributed by atoms with van der Waals surface area (Å²) in [6, 6.07) is 9.58. The van der Waals surface area contributed by atoms with E-state index in [1.807, 2.05) is 49.6 Å². The van der Waals surface area contributed by atoms with Gasteiger partial charge in [0.05, 0.1) is 28.9 Å². The standard InChI is InChI=1S/C20H19N5O2S2/c1-3-27-14-4-5-15-16(10-14)29-20(23-15)25-18(26)9-13-11-28-19(22-13)24-17-8-12(2)6-7-21-17/h4-8,10-11H,3,9H2,1-2H3,(H,21,22,24)(H,23,25,26). The molecular formula is C20H19N5O2S2. The number of aromatic nitrogens is 3. The SMILES string of the molecule is CCOc1ccc2nc(NC(=O)Cc3csc(Nc4cc(C)ccn4)n3)sc2c1. The van der Waals surface area contributed by atoms with E-state index < -0.39 is 0 Å². The van der Waals surface area contributed by atoms with Gasteiger partial charge in [0.2, 0.25) is 5.91 Å². The molecule has 0 spiro atoms. The second kappa shape index (κ2) is 8.54. The monoisotopic (exact) mass is 425 g/mol. The van der Waals surface area contributed by atoms with Crippen LogP contribution < -0.4 is 15.4 Å². The number of hydrogen-bond donors (Lipinski definition) is 2. The summed E-state index contributed by atoms with van der Waals surface area (Å²) in [7, 11) is 0. The van der Waals surface area contributed by atoms with Crippen molar-refractivity contribution >= 4 is 54.9 Å². The summed E-state index contributed by atoms with van der Waals surface area (Å²) in [4.78, 5) is 25.6. The zero-order valence-electron chi connectivity index (χ0n) is 15.9. The van der Waals surface area contributed by atoms with Gasteiger partial charge in [-0.2, -0.15) is 0 Å². The third-order valence-corrected chi connectivity index (χ3v) is 5.70. The molecule has 2 N–H and O–H groups in total. The van der Waals surface area contributed by atoms with E-state index in [9.17, 15) is 4.79 Å². The first-order valence-electron chi connectivity index (χ1n) is 9.06. The Morgan fingerprint density at radius 1 is 1.17 bits per heavy atom. The van der Waals surface area contributed by atoms with Crippen molar-refractivity contribution in [2.75, 3.05) is 17.2 Å². The number of thiazole rings is 2. The van der Waals surface area contributed by atoms with Crippen molar-refractivity contribution in [3.8, 4) is 5.75 Å². The molecule has 0 radical (unpaired) electrons. The lowest BCUT2D eigenvalue weighted by molar-refractivity contribution is -0.115. The van der Waals surface area contributed by atoms with Crippen molar-refractivity contribution in [2.24, 2.45) is 0 Å². The highest BCUT2D eigenvalue weighted by molar-refractivity contribution is 7.22. The minimum Gasteiger partial charge on any atom is -0.494 e. The second-order valence-corrected chi connectivity index (χ2v) is 8.18. The van der Waals surface area contributed by atoms with Crippen LogP contribution in [0.15, 0.2) is 41.9 Å². The summed E-state index contributed by atoms with van der Waals surface area (Å²) in [6.45, 7) is 4.56. The van der Waals surface area contributed by atoms with Crippen LogP contribution in [0.5, 0.6) is 5.75 Å². The van der Waals surface area contributed by atoms with Crippen LogP contribution in [0, 0.1) is 6.92 Å². The molecule has 0 saturated heterocycles. The van der Waals surface area contributed by atoms with E-state index in [0.717, 1.165) is 27.3 Å². The van der Waals surface area contributed by atoms with Crippen molar-refractivity contribution in [2.45, 2.75) is 20.3 Å². The summed E-state index contributed by atoms with van der Waals surface area (Å²) in [5.74, 6) is 1.38. The molecule has 0 aliphatic carbocycles. The largest absolute Gasteiger partial charge is 0.494 e. The fraction of sp³-hybridized carbons (Fsp3) is 0.200. The number of benzene rings is 1. The van der Waals surface area contributed by atoms with Crippen LogP contribution in [0.25, 0.3) is 10.2 Å². The highest BCUT2D eigenvalue weighted by atomic mass is 32.1. The topological polar surface area (TPSA) is 89.0 Å². The van der Waals surface area contributed by atoms with Gasteiger partial charge in [-0.05, 0) is 49.7 Å². The van der Waals surface area contributed by atoms with Gasteiger partial charge in [-0.15, -0.1) is 11.3 Å². The fourth-order valence-electron chi connectivity index (χ4n) is 2.70. The maximum absolute atomic E-state index is 12.4. The molecule has 4 rings (SSSR count). The van der Waals surface area contributed by atoms with Crippen LogP contribution in [0.2, 0.25) is 0 Å². The Hall–Kier alpha value is -3.04. The number of nitrogens with one attached hydrogen (secondary N) is 2. The average Bonchev–Trinajstić information content (AvgIpc) is 3.27. The molecular weight excluding hydrogens is 406 g/mol. The number of aryl methyl sites for hydroxylation is 1. The molecule has 0 aliphatic heterocycles. The summed E-state index contributed by atoms with van der Waals surface area (Å²) < 4.78 is 6.48. The Morgan fingerprint density at radius 3 is 2.90 bits per heavy atom.